The summed E-state index contributed by atoms with van der Waals surface area (Å²) in [4.78, 5) is 9.01. The molecule has 1 heterocycles. The molecule has 0 bridgehead atoms. The van der Waals surface area contributed by atoms with Crippen molar-refractivity contribution in [2.45, 2.75) is 53.7 Å². The monoisotopic (exact) mass is 448 g/mol. The number of nitrogens with zero attached hydrogens (tertiary/aromatic N) is 2. The standard InChI is InChI=1S/C18H32N4O.HI/c1-6-19-18(21-12-10-17(14(3)4)23-7-2)22-13-16-15(5)9-8-11-20-16;/h8-9,11,14,17H,6-7,10,12-13H2,1-5H3,(H2,19,21,22);1H. The second-order valence-electron chi connectivity index (χ2n) is 5.92. The van der Waals surface area contributed by atoms with Gasteiger partial charge in [-0.3, -0.25) is 4.98 Å². The van der Waals surface area contributed by atoms with Gasteiger partial charge >= 0.3 is 0 Å². The van der Waals surface area contributed by atoms with E-state index in [0.29, 0.717) is 12.5 Å². The molecule has 2 N–H and O–H groups in total. The molecule has 1 rings (SSSR count). The highest BCUT2D eigenvalue weighted by atomic mass is 127. The van der Waals surface area contributed by atoms with E-state index in [0.717, 1.165) is 37.8 Å². The Morgan fingerprint density at radius 2 is 2.04 bits per heavy atom. The number of hydrogen-bond donors (Lipinski definition) is 2. The predicted octanol–water partition coefficient (Wildman–Crippen LogP) is 3.51. The van der Waals surface area contributed by atoms with Gasteiger partial charge in [-0.15, -0.1) is 24.0 Å². The molecule has 1 unspecified atom stereocenters. The predicted molar refractivity (Wildman–Crippen MR) is 112 cm³/mol. The zero-order valence-electron chi connectivity index (χ0n) is 15.6. The van der Waals surface area contributed by atoms with E-state index in [4.69, 9.17) is 4.74 Å². The lowest BCUT2D eigenvalue weighted by molar-refractivity contribution is 0.0258. The van der Waals surface area contributed by atoms with Crippen LogP contribution >= 0.6 is 24.0 Å². The maximum absolute atomic E-state index is 5.78. The minimum atomic E-state index is 0. The van der Waals surface area contributed by atoms with Gasteiger partial charge < -0.3 is 15.4 Å². The van der Waals surface area contributed by atoms with Crippen LogP contribution in [-0.4, -0.2) is 36.7 Å². The largest absolute Gasteiger partial charge is 0.378 e. The van der Waals surface area contributed by atoms with Crippen molar-refractivity contribution in [2.24, 2.45) is 10.9 Å². The molecule has 0 spiro atoms. The molecule has 1 aromatic heterocycles. The van der Waals surface area contributed by atoms with Crippen molar-refractivity contribution < 1.29 is 4.74 Å². The molecule has 0 fully saturated rings. The summed E-state index contributed by atoms with van der Waals surface area (Å²) in [6.45, 7) is 13.6. The maximum Gasteiger partial charge on any atom is 0.191 e. The number of halogens is 1. The minimum absolute atomic E-state index is 0. The number of hydrogen-bond acceptors (Lipinski definition) is 3. The lowest BCUT2D eigenvalue weighted by Crippen LogP contribution is -2.39. The van der Waals surface area contributed by atoms with Gasteiger partial charge in [0.2, 0.25) is 0 Å². The van der Waals surface area contributed by atoms with E-state index >= 15 is 0 Å². The molecule has 5 nitrogen and oxygen atoms in total. The molecule has 0 radical (unpaired) electrons. The Kier molecular flexibility index (Phi) is 12.9. The molecule has 24 heavy (non-hydrogen) atoms. The van der Waals surface area contributed by atoms with Gasteiger partial charge in [-0.25, -0.2) is 4.99 Å². The molecule has 0 aromatic carbocycles. The normalized spacial score (nSPS) is 12.7. The molecule has 0 amide bonds. The average Bonchev–Trinajstić information content (AvgIpc) is 2.52. The third kappa shape index (κ3) is 8.82. The summed E-state index contributed by atoms with van der Waals surface area (Å²) in [7, 11) is 0. The van der Waals surface area contributed by atoms with Crippen LogP contribution in [0.1, 0.15) is 45.4 Å². The van der Waals surface area contributed by atoms with Gasteiger partial charge in [-0.1, -0.05) is 19.9 Å². The van der Waals surface area contributed by atoms with Crippen molar-refractivity contribution in [1.29, 1.82) is 0 Å². The number of aliphatic imine (C=N–C) groups is 1. The number of rotatable bonds is 9. The van der Waals surface area contributed by atoms with Crippen molar-refractivity contribution in [3.63, 3.8) is 0 Å². The minimum Gasteiger partial charge on any atom is -0.378 e. The van der Waals surface area contributed by atoms with E-state index in [-0.39, 0.29) is 30.1 Å². The molecule has 0 saturated carbocycles. The van der Waals surface area contributed by atoms with Crippen LogP contribution in [0.2, 0.25) is 0 Å². The Balaban J connectivity index is 0.00000529. The quantitative estimate of drug-likeness (QED) is 0.345. The summed E-state index contributed by atoms with van der Waals surface area (Å²) < 4.78 is 5.78. The molecule has 0 aliphatic heterocycles. The van der Waals surface area contributed by atoms with Crippen molar-refractivity contribution >= 4 is 29.9 Å². The van der Waals surface area contributed by atoms with E-state index in [1.807, 2.05) is 19.2 Å². The van der Waals surface area contributed by atoms with E-state index in [1.54, 1.807) is 0 Å². The van der Waals surface area contributed by atoms with Crippen molar-refractivity contribution in [1.82, 2.24) is 15.6 Å². The average molecular weight is 448 g/mol. The van der Waals surface area contributed by atoms with Gasteiger partial charge in [0.15, 0.2) is 5.96 Å². The first-order chi connectivity index (χ1) is 11.1. The lowest BCUT2D eigenvalue weighted by Gasteiger charge is -2.21. The van der Waals surface area contributed by atoms with Crippen LogP contribution in [0.15, 0.2) is 23.3 Å². The molecular weight excluding hydrogens is 415 g/mol. The maximum atomic E-state index is 5.78. The number of ether oxygens (including phenoxy) is 1. The fourth-order valence-electron chi connectivity index (χ4n) is 2.34. The van der Waals surface area contributed by atoms with E-state index in [1.165, 1.54) is 5.56 Å². The van der Waals surface area contributed by atoms with Crippen LogP contribution in [0.3, 0.4) is 0 Å². The van der Waals surface area contributed by atoms with Crippen LogP contribution < -0.4 is 10.6 Å². The lowest BCUT2D eigenvalue weighted by atomic mass is 10.0. The Hall–Kier alpha value is -0.890. The highest BCUT2D eigenvalue weighted by Crippen LogP contribution is 2.10. The Morgan fingerprint density at radius 3 is 2.62 bits per heavy atom. The molecule has 0 aliphatic rings. The van der Waals surface area contributed by atoms with Gasteiger partial charge in [-0.05, 0) is 44.7 Å². The first-order valence-corrected chi connectivity index (χ1v) is 8.62. The van der Waals surface area contributed by atoms with Crippen LogP contribution in [0.25, 0.3) is 0 Å². The molecule has 0 aliphatic carbocycles. The zero-order chi connectivity index (χ0) is 17.1. The highest BCUT2D eigenvalue weighted by Gasteiger charge is 2.12. The van der Waals surface area contributed by atoms with E-state index in [9.17, 15) is 0 Å². The Bertz CT molecular complexity index is 480. The van der Waals surface area contributed by atoms with Crippen LogP contribution in [0, 0.1) is 12.8 Å². The number of aromatic nitrogens is 1. The summed E-state index contributed by atoms with van der Waals surface area (Å²) in [6, 6.07) is 4.01. The second kappa shape index (κ2) is 13.4. The van der Waals surface area contributed by atoms with Crippen molar-refractivity contribution in [2.75, 3.05) is 19.7 Å². The van der Waals surface area contributed by atoms with Gasteiger partial charge in [0.1, 0.15) is 0 Å². The number of nitrogens with one attached hydrogen (secondary N) is 2. The van der Waals surface area contributed by atoms with Crippen LogP contribution in [-0.2, 0) is 11.3 Å². The topological polar surface area (TPSA) is 58.5 Å². The summed E-state index contributed by atoms with van der Waals surface area (Å²) in [5, 5.41) is 6.66. The van der Waals surface area contributed by atoms with Gasteiger partial charge in [0.25, 0.3) is 0 Å². The zero-order valence-corrected chi connectivity index (χ0v) is 18.0. The van der Waals surface area contributed by atoms with Gasteiger partial charge in [0, 0.05) is 25.9 Å². The third-order valence-electron chi connectivity index (χ3n) is 3.69. The summed E-state index contributed by atoms with van der Waals surface area (Å²) in [5.41, 5.74) is 2.18. The SMILES string of the molecule is CCNC(=NCc1ncccc1C)NCCC(OCC)C(C)C.I. The molecule has 6 heteroatoms. The molecule has 138 valence electrons. The summed E-state index contributed by atoms with van der Waals surface area (Å²) in [5.74, 6) is 1.35. The number of guanidine groups is 1. The summed E-state index contributed by atoms with van der Waals surface area (Å²) >= 11 is 0. The fourth-order valence-corrected chi connectivity index (χ4v) is 2.34. The van der Waals surface area contributed by atoms with E-state index in [2.05, 4.69) is 54.4 Å². The van der Waals surface area contributed by atoms with Gasteiger partial charge in [-0.2, -0.15) is 0 Å². The van der Waals surface area contributed by atoms with Crippen LogP contribution in [0.4, 0.5) is 0 Å². The van der Waals surface area contributed by atoms with Crippen molar-refractivity contribution in [3.05, 3.63) is 29.6 Å². The Labute approximate surface area is 164 Å². The van der Waals surface area contributed by atoms with Crippen LogP contribution in [0.5, 0.6) is 0 Å². The van der Waals surface area contributed by atoms with E-state index < -0.39 is 0 Å². The smallest absolute Gasteiger partial charge is 0.191 e. The summed E-state index contributed by atoms with van der Waals surface area (Å²) in [6.07, 6.45) is 3.07. The van der Waals surface area contributed by atoms with Gasteiger partial charge in [0.05, 0.1) is 18.3 Å². The van der Waals surface area contributed by atoms with Crippen molar-refractivity contribution in [3.8, 4) is 0 Å². The first kappa shape index (κ1) is 23.1. The fraction of sp³-hybridized carbons (Fsp3) is 0.667. The molecular formula is C18H33IN4O. The Morgan fingerprint density at radius 1 is 1.29 bits per heavy atom. The molecule has 0 saturated heterocycles. The number of pyridine rings is 1. The molecule has 1 aromatic rings. The third-order valence-corrected chi connectivity index (χ3v) is 3.69. The second-order valence-corrected chi connectivity index (χ2v) is 5.92. The first-order valence-electron chi connectivity index (χ1n) is 8.62. The highest BCUT2D eigenvalue weighted by molar-refractivity contribution is 14.0. The number of aryl methyl sites for hydroxylation is 1. The molecule has 1 atom stereocenters.